The molecule has 2 fully saturated rings. The number of alkyl halides is 2. The number of carbonyl (C=O) groups excluding carboxylic acids is 1. The monoisotopic (exact) mass is 341 g/mol. The second-order valence-corrected chi connectivity index (χ2v) is 6.18. The summed E-state index contributed by atoms with van der Waals surface area (Å²) >= 11 is 0. The van der Waals surface area contributed by atoms with Gasteiger partial charge in [-0.1, -0.05) is 6.07 Å². The van der Waals surface area contributed by atoms with Crippen molar-refractivity contribution in [3.8, 4) is 11.5 Å². The van der Waals surface area contributed by atoms with E-state index in [1.165, 1.54) is 13.2 Å². The van der Waals surface area contributed by atoms with Crippen LogP contribution >= 0.6 is 0 Å². The lowest BCUT2D eigenvalue weighted by Crippen LogP contribution is -2.40. The molecule has 3 rings (SSSR count). The van der Waals surface area contributed by atoms with E-state index in [0.717, 1.165) is 18.7 Å². The zero-order chi connectivity index (χ0) is 17.3. The number of amides is 2. The van der Waals surface area contributed by atoms with Crippen molar-refractivity contribution in [1.82, 2.24) is 15.5 Å². The summed E-state index contributed by atoms with van der Waals surface area (Å²) < 4.78 is 34.1. The molecule has 1 aliphatic heterocycles. The van der Waals surface area contributed by atoms with Gasteiger partial charge in [0.15, 0.2) is 11.5 Å². The minimum absolute atomic E-state index is 0.0262. The number of nitrogens with one attached hydrogen (secondary N) is 2. The molecule has 0 spiro atoms. The summed E-state index contributed by atoms with van der Waals surface area (Å²) in [5.41, 5.74) is 0.767. The molecule has 6 nitrogen and oxygen atoms in total. The van der Waals surface area contributed by atoms with Crippen LogP contribution in [0.15, 0.2) is 18.2 Å². The van der Waals surface area contributed by atoms with E-state index >= 15 is 0 Å². The Balaban J connectivity index is 1.57. The Morgan fingerprint density at radius 2 is 2.08 bits per heavy atom. The Bertz CT molecular complexity index is 604. The number of halogens is 2. The molecule has 8 heteroatoms. The lowest BCUT2D eigenvalue weighted by molar-refractivity contribution is -0.0512. The van der Waals surface area contributed by atoms with Crippen LogP contribution in [0, 0.1) is 11.8 Å². The predicted molar refractivity (Wildman–Crippen MR) is 83.3 cm³/mol. The second-order valence-electron chi connectivity index (χ2n) is 6.18. The lowest BCUT2D eigenvalue weighted by Gasteiger charge is -2.20. The Kier molecular flexibility index (Phi) is 4.75. The first-order chi connectivity index (χ1) is 11.5. The quantitative estimate of drug-likeness (QED) is 0.826. The van der Waals surface area contributed by atoms with E-state index in [9.17, 15) is 13.6 Å². The van der Waals surface area contributed by atoms with Crippen LogP contribution in [-0.2, 0) is 6.54 Å². The number of hydrogen-bond acceptors (Lipinski definition) is 4. The molecule has 0 aromatic heterocycles. The maximum Gasteiger partial charge on any atom is 0.387 e. The molecule has 1 unspecified atom stereocenters. The summed E-state index contributed by atoms with van der Waals surface area (Å²) in [6.07, 6.45) is 0. The van der Waals surface area contributed by atoms with E-state index in [4.69, 9.17) is 4.74 Å². The summed E-state index contributed by atoms with van der Waals surface area (Å²) in [5.74, 6) is 1.28. The van der Waals surface area contributed by atoms with Crippen LogP contribution in [0.3, 0.4) is 0 Å². The van der Waals surface area contributed by atoms with E-state index in [-0.39, 0.29) is 23.6 Å². The van der Waals surface area contributed by atoms with Gasteiger partial charge in [0.1, 0.15) is 0 Å². The van der Waals surface area contributed by atoms with Gasteiger partial charge in [0, 0.05) is 32.7 Å². The van der Waals surface area contributed by atoms with Crippen molar-refractivity contribution >= 4 is 6.03 Å². The van der Waals surface area contributed by atoms with E-state index in [0.29, 0.717) is 18.4 Å². The van der Waals surface area contributed by atoms with Crippen LogP contribution in [0.2, 0.25) is 0 Å². The third kappa shape index (κ3) is 3.53. The van der Waals surface area contributed by atoms with Crippen molar-refractivity contribution < 1.29 is 23.0 Å². The molecule has 2 aliphatic rings. The molecule has 3 atom stereocenters. The van der Waals surface area contributed by atoms with Crippen molar-refractivity contribution in [2.45, 2.75) is 19.2 Å². The number of hydrogen-bond donors (Lipinski definition) is 2. The van der Waals surface area contributed by atoms with Gasteiger partial charge >= 0.3 is 12.6 Å². The van der Waals surface area contributed by atoms with E-state index < -0.39 is 6.61 Å². The highest BCUT2D eigenvalue weighted by Crippen LogP contribution is 2.41. The van der Waals surface area contributed by atoms with Gasteiger partial charge in [-0.25, -0.2) is 4.79 Å². The number of urea groups is 1. The molecule has 24 heavy (non-hydrogen) atoms. The van der Waals surface area contributed by atoms with Crippen LogP contribution in [-0.4, -0.2) is 50.8 Å². The average Bonchev–Trinajstić information content (AvgIpc) is 2.96. The molecule has 2 amide bonds. The smallest absolute Gasteiger partial charge is 0.387 e. The fourth-order valence-electron chi connectivity index (χ4n) is 3.23. The molecule has 1 saturated carbocycles. The van der Waals surface area contributed by atoms with Crippen LogP contribution in [0.4, 0.5) is 13.6 Å². The summed E-state index contributed by atoms with van der Waals surface area (Å²) in [5, 5.41) is 6.32. The zero-order valence-electron chi connectivity index (χ0n) is 13.6. The maximum absolute atomic E-state index is 12.3. The first kappa shape index (κ1) is 16.8. The minimum atomic E-state index is -2.91. The topological polar surface area (TPSA) is 62.8 Å². The highest BCUT2D eigenvalue weighted by Gasteiger charge is 2.53. The highest BCUT2D eigenvalue weighted by atomic mass is 19.3. The van der Waals surface area contributed by atoms with Crippen LogP contribution in [0.25, 0.3) is 0 Å². The maximum atomic E-state index is 12.3. The Labute approximate surface area is 139 Å². The van der Waals surface area contributed by atoms with Gasteiger partial charge in [-0.3, -0.25) is 0 Å². The van der Waals surface area contributed by atoms with Gasteiger partial charge < -0.3 is 25.0 Å². The lowest BCUT2D eigenvalue weighted by atomic mass is 10.2. The summed E-state index contributed by atoms with van der Waals surface area (Å²) in [7, 11) is 3.08. The van der Waals surface area contributed by atoms with Crippen LogP contribution in [0.5, 0.6) is 11.5 Å². The Morgan fingerprint density at radius 1 is 1.38 bits per heavy atom. The molecule has 2 N–H and O–H groups in total. The molecule has 1 aliphatic carbocycles. The van der Waals surface area contributed by atoms with E-state index in [1.54, 1.807) is 24.1 Å². The van der Waals surface area contributed by atoms with Crippen molar-refractivity contribution in [2.75, 3.05) is 27.2 Å². The van der Waals surface area contributed by atoms with Gasteiger partial charge in [0.2, 0.25) is 0 Å². The molecular formula is C16H21F2N3O3. The molecule has 132 valence electrons. The van der Waals surface area contributed by atoms with Crippen molar-refractivity contribution in [3.63, 3.8) is 0 Å². The third-order valence-electron chi connectivity index (χ3n) is 4.59. The fraction of sp³-hybridized carbons (Fsp3) is 0.562. The molecule has 0 bridgehead atoms. The number of benzene rings is 1. The Hall–Kier alpha value is -2.09. The molecule has 1 aromatic rings. The Morgan fingerprint density at radius 3 is 2.71 bits per heavy atom. The first-order valence-corrected chi connectivity index (χ1v) is 7.83. The van der Waals surface area contributed by atoms with Crippen molar-refractivity contribution in [1.29, 1.82) is 0 Å². The van der Waals surface area contributed by atoms with Crippen molar-refractivity contribution in [3.05, 3.63) is 23.8 Å². The second kappa shape index (κ2) is 6.80. The summed E-state index contributed by atoms with van der Waals surface area (Å²) in [6, 6.07) is 4.78. The molecule has 1 aromatic carbocycles. The normalized spacial score (nSPS) is 24.5. The number of rotatable bonds is 6. The largest absolute Gasteiger partial charge is 0.493 e. The zero-order valence-corrected chi connectivity index (χ0v) is 13.6. The standard InChI is InChI=1S/C16H21F2N3O3/c1-21(16(22)20-14-10-6-19-7-11(10)14)8-9-3-4-12(24-15(17)18)13(5-9)23-2/h3-5,10-11,14-15,19H,6-8H2,1-2H3,(H,20,22)/t10-,11+,14?. The van der Waals surface area contributed by atoms with Crippen molar-refractivity contribution in [2.24, 2.45) is 11.8 Å². The molecular weight excluding hydrogens is 320 g/mol. The summed E-state index contributed by atoms with van der Waals surface area (Å²) in [6.45, 7) is -0.646. The number of methoxy groups -OCH3 is 1. The predicted octanol–water partition coefficient (Wildman–Crippen LogP) is 1.66. The molecule has 1 saturated heterocycles. The number of fused-ring (bicyclic) bond motifs is 1. The SMILES string of the molecule is COc1cc(CN(C)C(=O)NC2[C@H]3CNC[C@@H]23)ccc1OC(F)F. The van der Waals surface area contributed by atoms with E-state index in [1.807, 2.05) is 0 Å². The van der Waals surface area contributed by atoms with Gasteiger partial charge in [0.05, 0.1) is 7.11 Å². The summed E-state index contributed by atoms with van der Waals surface area (Å²) in [4.78, 5) is 13.8. The van der Waals surface area contributed by atoms with Crippen LogP contribution in [0.1, 0.15) is 5.56 Å². The van der Waals surface area contributed by atoms with Crippen LogP contribution < -0.4 is 20.1 Å². The van der Waals surface area contributed by atoms with Gasteiger partial charge in [-0.2, -0.15) is 8.78 Å². The highest BCUT2D eigenvalue weighted by molar-refractivity contribution is 5.75. The number of piperidine rings is 1. The average molecular weight is 341 g/mol. The number of carbonyl (C=O) groups is 1. The minimum Gasteiger partial charge on any atom is -0.493 e. The molecule has 1 heterocycles. The molecule has 0 radical (unpaired) electrons. The fourth-order valence-corrected chi connectivity index (χ4v) is 3.23. The van der Waals surface area contributed by atoms with E-state index in [2.05, 4.69) is 15.4 Å². The number of ether oxygens (including phenoxy) is 2. The van der Waals surface area contributed by atoms with Gasteiger partial charge in [-0.15, -0.1) is 0 Å². The third-order valence-corrected chi connectivity index (χ3v) is 4.59. The van der Waals surface area contributed by atoms with Gasteiger partial charge in [0.25, 0.3) is 0 Å². The first-order valence-electron chi connectivity index (χ1n) is 7.83. The van der Waals surface area contributed by atoms with Gasteiger partial charge in [-0.05, 0) is 29.5 Å². The number of nitrogens with zero attached hydrogens (tertiary/aromatic N) is 1.